The number of carbonyl (C=O) groups excluding carboxylic acids is 1. The lowest BCUT2D eigenvalue weighted by atomic mass is 10.3. The number of aliphatic hydroxyl groups excluding tert-OH is 1. The zero-order valence-electron chi connectivity index (χ0n) is 5.83. The number of methoxy groups -OCH3 is 1. The molecule has 0 saturated heterocycles. The van der Waals surface area contributed by atoms with Crippen molar-refractivity contribution in [2.45, 2.75) is 6.04 Å². The van der Waals surface area contributed by atoms with Crippen LogP contribution >= 0.6 is 0 Å². The van der Waals surface area contributed by atoms with Gasteiger partial charge in [0.25, 0.3) is 0 Å². The molecular weight excluding hydrogens is 136 g/mol. The summed E-state index contributed by atoms with van der Waals surface area (Å²) in [5.41, 5.74) is 5.26. The van der Waals surface area contributed by atoms with Gasteiger partial charge in [-0.25, -0.2) is 4.79 Å². The number of carbonyl (C=O) groups is 1. The molecule has 0 aliphatic rings. The van der Waals surface area contributed by atoms with Gasteiger partial charge < -0.3 is 20.9 Å². The number of nitrogens with one attached hydrogen (secondary N) is 1. The van der Waals surface area contributed by atoms with Crippen molar-refractivity contribution in [1.82, 2.24) is 5.32 Å². The lowest BCUT2D eigenvalue weighted by molar-refractivity contribution is 0.168. The van der Waals surface area contributed by atoms with Crippen LogP contribution in [0.1, 0.15) is 0 Å². The molecule has 0 aromatic carbocycles. The van der Waals surface area contributed by atoms with E-state index in [9.17, 15) is 4.79 Å². The van der Waals surface area contributed by atoms with Crippen LogP contribution in [-0.2, 0) is 4.74 Å². The summed E-state index contributed by atoms with van der Waals surface area (Å²) < 4.78 is 4.26. The van der Waals surface area contributed by atoms with Crippen LogP contribution in [0.2, 0.25) is 0 Å². The minimum Gasteiger partial charge on any atom is -0.453 e. The van der Waals surface area contributed by atoms with E-state index in [0.717, 1.165) is 0 Å². The van der Waals surface area contributed by atoms with Gasteiger partial charge in [0.2, 0.25) is 0 Å². The number of ether oxygens (including phenoxy) is 1. The van der Waals surface area contributed by atoms with Gasteiger partial charge in [0.05, 0.1) is 13.7 Å². The summed E-state index contributed by atoms with van der Waals surface area (Å²) in [4.78, 5) is 10.4. The highest BCUT2D eigenvalue weighted by Gasteiger charge is 2.02. The minimum atomic E-state index is -0.538. The fourth-order valence-corrected chi connectivity index (χ4v) is 0.351. The molecule has 0 heterocycles. The van der Waals surface area contributed by atoms with Crippen LogP contribution in [0.3, 0.4) is 0 Å². The highest BCUT2D eigenvalue weighted by molar-refractivity contribution is 5.66. The molecule has 10 heavy (non-hydrogen) atoms. The number of hydrogen-bond acceptors (Lipinski definition) is 4. The fourth-order valence-electron chi connectivity index (χ4n) is 0.351. The Bertz CT molecular complexity index is 107. The molecule has 0 radical (unpaired) electrons. The van der Waals surface area contributed by atoms with Crippen molar-refractivity contribution < 1.29 is 14.6 Å². The topological polar surface area (TPSA) is 84.6 Å². The Balaban J connectivity index is 3.26. The highest BCUT2D eigenvalue weighted by Crippen LogP contribution is 1.74. The monoisotopic (exact) mass is 148 g/mol. The molecule has 1 atom stereocenters. The maximum Gasteiger partial charge on any atom is 0.406 e. The van der Waals surface area contributed by atoms with Crippen molar-refractivity contribution in [3.05, 3.63) is 0 Å². The molecule has 0 bridgehead atoms. The first-order chi connectivity index (χ1) is 4.70. The van der Waals surface area contributed by atoms with E-state index < -0.39 is 12.1 Å². The molecule has 0 aliphatic carbocycles. The maximum absolute atomic E-state index is 10.4. The second-order valence-corrected chi connectivity index (χ2v) is 1.82. The number of alkyl carbamates (subject to hydrolysis) is 1. The van der Waals surface area contributed by atoms with E-state index in [0.29, 0.717) is 0 Å². The van der Waals surface area contributed by atoms with Crippen molar-refractivity contribution in [3.63, 3.8) is 0 Å². The zero-order chi connectivity index (χ0) is 7.98. The van der Waals surface area contributed by atoms with Crippen molar-refractivity contribution in [2.75, 3.05) is 20.3 Å². The molecule has 5 heteroatoms. The van der Waals surface area contributed by atoms with E-state index in [1.165, 1.54) is 7.11 Å². The lowest BCUT2D eigenvalue weighted by Crippen LogP contribution is -2.39. The van der Waals surface area contributed by atoms with Crippen molar-refractivity contribution in [2.24, 2.45) is 5.73 Å². The van der Waals surface area contributed by atoms with Crippen LogP contribution in [0.5, 0.6) is 0 Å². The molecule has 4 N–H and O–H groups in total. The molecule has 0 spiro atoms. The van der Waals surface area contributed by atoms with Crippen molar-refractivity contribution >= 4 is 6.09 Å². The van der Waals surface area contributed by atoms with Gasteiger partial charge in [-0.15, -0.1) is 0 Å². The predicted molar refractivity (Wildman–Crippen MR) is 35.5 cm³/mol. The van der Waals surface area contributed by atoms with Crippen LogP contribution in [-0.4, -0.2) is 37.5 Å². The van der Waals surface area contributed by atoms with Gasteiger partial charge in [-0.3, -0.25) is 0 Å². The summed E-state index contributed by atoms with van der Waals surface area (Å²) in [7, 11) is 1.26. The average Bonchev–Trinajstić information content (AvgIpc) is 1.99. The SMILES string of the molecule is COC(=O)NC[C@@H](N)CO. The molecule has 0 unspecified atom stereocenters. The van der Waals surface area contributed by atoms with E-state index in [-0.39, 0.29) is 13.2 Å². The zero-order valence-corrected chi connectivity index (χ0v) is 5.83. The van der Waals surface area contributed by atoms with Gasteiger partial charge in [-0.1, -0.05) is 0 Å². The van der Waals surface area contributed by atoms with E-state index >= 15 is 0 Å². The van der Waals surface area contributed by atoms with Crippen LogP contribution in [0.15, 0.2) is 0 Å². The number of amides is 1. The largest absolute Gasteiger partial charge is 0.453 e. The fraction of sp³-hybridized carbons (Fsp3) is 0.800. The Hall–Kier alpha value is -0.810. The third kappa shape index (κ3) is 4.11. The summed E-state index contributed by atoms with van der Waals surface area (Å²) in [5, 5.41) is 10.7. The van der Waals surface area contributed by atoms with Crippen molar-refractivity contribution in [3.8, 4) is 0 Å². The molecule has 0 fully saturated rings. The molecular formula is C5H12N2O3. The molecule has 0 rings (SSSR count). The Kier molecular flexibility index (Phi) is 4.61. The smallest absolute Gasteiger partial charge is 0.406 e. The second kappa shape index (κ2) is 5.01. The summed E-state index contributed by atoms with van der Waals surface area (Å²) in [6.45, 7) is 0.0766. The first-order valence-corrected chi connectivity index (χ1v) is 2.89. The normalized spacial score (nSPS) is 12.3. The van der Waals surface area contributed by atoms with Gasteiger partial charge in [0.1, 0.15) is 0 Å². The Labute approximate surface area is 59.2 Å². The standard InChI is InChI=1S/C5H12N2O3/c1-10-5(9)7-2-4(6)3-8/h4,8H,2-3,6H2,1H3,(H,7,9)/t4-/m1/s1. The Morgan fingerprint density at radius 3 is 2.90 bits per heavy atom. The van der Waals surface area contributed by atoms with Gasteiger partial charge >= 0.3 is 6.09 Å². The molecule has 5 nitrogen and oxygen atoms in total. The molecule has 0 aliphatic heterocycles. The van der Waals surface area contributed by atoms with Gasteiger partial charge in [-0.05, 0) is 0 Å². The van der Waals surface area contributed by atoms with Crippen LogP contribution in [0, 0.1) is 0 Å². The molecule has 0 aromatic rings. The van der Waals surface area contributed by atoms with Crippen molar-refractivity contribution in [1.29, 1.82) is 0 Å². The quantitative estimate of drug-likeness (QED) is 0.462. The summed E-state index contributed by atoms with van der Waals surface area (Å²) in [6, 6.07) is -0.418. The maximum atomic E-state index is 10.4. The molecule has 0 saturated carbocycles. The van der Waals surface area contributed by atoms with E-state index in [2.05, 4.69) is 10.1 Å². The highest BCUT2D eigenvalue weighted by atomic mass is 16.5. The third-order valence-electron chi connectivity index (χ3n) is 0.928. The van der Waals surface area contributed by atoms with Crippen LogP contribution < -0.4 is 11.1 Å². The molecule has 60 valence electrons. The number of rotatable bonds is 3. The molecule has 0 aromatic heterocycles. The first kappa shape index (κ1) is 9.19. The molecule has 1 amide bonds. The van der Waals surface area contributed by atoms with E-state index in [1.807, 2.05) is 0 Å². The van der Waals surface area contributed by atoms with Gasteiger partial charge in [0.15, 0.2) is 0 Å². The first-order valence-electron chi connectivity index (χ1n) is 2.89. The summed E-state index contributed by atoms with van der Waals surface area (Å²) >= 11 is 0. The Morgan fingerprint density at radius 1 is 1.90 bits per heavy atom. The minimum absolute atomic E-state index is 0.149. The second-order valence-electron chi connectivity index (χ2n) is 1.82. The number of aliphatic hydroxyl groups is 1. The Morgan fingerprint density at radius 2 is 2.50 bits per heavy atom. The summed E-state index contributed by atoms with van der Waals surface area (Å²) in [5.74, 6) is 0. The number of nitrogens with two attached hydrogens (primary N) is 1. The average molecular weight is 148 g/mol. The van der Waals surface area contributed by atoms with E-state index in [4.69, 9.17) is 10.8 Å². The van der Waals surface area contributed by atoms with Crippen LogP contribution in [0.4, 0.5) is 4.79 Å². The predicted octanol–water partition coefficient (Wildman–Crippen LogP) is -1.34. The van der Waals surface area contributed by atoms with Crippen LogP contribution in [0.25, 0.3) is 0 Å². The van der Waals surface area contributed by atoms with Gasteiger partial charge in [0, 0.05) is 12.6 Å². The summed E-state index contributed by atoms with van der Waals surface area (Å²) in [6.07, 6.45) is -0.538. The third-order valence-corrected chi connectivity index (χ3v) is 0.928. The lowest BCUT2D eigenvalue weighted by Gasteiger charge is -2.07. The van der Waals surface area contributed by atoms with Gasteiger partial charge in [-0.2, -0.15) is 0 Å². The van der Waals surface area contributed by atoms with E-state index in [1.54, 1.807) is 0 Å². The number of hydrogen-bond donors (Lipinski definition) is 3.